The Hall–Kier alpha value is -1.88. The van der Waals surface area contributed by atoms with Crippen molar-refractivity contribution in [2.75, 3.05) is 18.4 Å². The highest BCUT2D eigenvalue weighted by molar-refractivity contribution is 5.89. The molecule has 1 aromatic rings. The Morgan fingerprint density at radius 2 is 1.94 bits per heavy atom. The summed E-state index contributed by atoms with van der Waals surface area (Å²) in [5, 5.41) is 5.10. The molecule has 0 atom stereocenters. The molecule has 0 saturated carbocycles. The molecule has 0 fully saturated rings. The first-order valence-electron chi connectivity index (χ1n) is 5.84. The maximum Gasteiger partial charge on any atom is 0.319 e. The third-order valence-electron chi connectivity index (χ3n) is 1.92. The number of carbonyl (C=O) groups excluding carboxylic acids is 1. The number of amides is 2. The molecule has 2 amide bonds. The quantitative estimate of drug-likeness (QED) is 0.772. The summed E-state index contributed by atoms with van der Waals surface area (Å²) in [5.74, 6) is 0. The van der Waals surface area contributed by atoms with Crippen LogP contribution < -0.4 is 16.4 Å². The molecule has 0 radical (unpaired) electrons. The van der Waals surface area contributed by atoms with E-state index < -0.39 is 0 Å². The summed E-state index contributed by atoms with van der Waals surface area (Å²) in [6.45, 7) is 4.19. The standard InChI is InChI=1S/C11H14FN3O.C2H6/c12-6-9(7-13)8-14-11(16)15-10-4-2-1-3-5-10;1-2/h1-6H,7-8,13H2,(H2,14,15,16);1-2H3/b9-6+;. The van der Waals surface area contributed by atoms with Gasteiger partial charge >= 0.3 is 6.03 Å². The molecule has 18 heavy (non-hydrogen) atoms. The van der Waals surface area contributed by atoms with Crippen molar-refractivity contribution in [3.63, 3.8) is 0 Å². The molecule has 0 saturated heterocycles. The lowest BCUT2D eigenvalue weighted by atomic mass is 10.3. The topological polar surface area (TPSA) is 67.1 Å². The zero-order valence-corrected chi connectivity index (χ0v) is 10.7. The molecule has 100 valence electrons. The smallest absolute Gasteiger partial charge is 0.319 e. The average molecular weight is 253 g/mol. The molecule has 0 aliphatic heterocycles. The zero-order chi connectivity index (χ0) is 13.8. The predicted molar refractivity (Wildman–Crippen MR) is 73.1 cm³/mol. The number of nitrogens with two attached hydrogens (primary N) is 1. The Morgan fingerprint density at radius 3 is 2.44 bits per heavy atom. The van der Waals surface area contributed by atoms with Gasteiger partial charge in [0, 0.05) is 18.8 Å². The molecular weight excluding hydrogens is 233 g/mol. The average Bonchev–Trinajstić information content (AvgIpc) is 2.43. The minimum Gasteiger partial charge on any atom is -0.334 e. The Labute approximate surface area is 107 Å². The van der Waals surface area contributed by atoms with Crippen molar-refractivity contribution in [1.82, 2.24) is 5.32 Å². The Morgan fingerprint density at radius 1 is 1.33 bits per heavy atom. The fourth-order valence-electron chi connectivity index (χ4n) is 1.05. The van der Waals surface area contributed by atoms with Crippen molar-refractivity contribution in [2.45, 2.75) is 13.8 Å². The minimum absolute atomic E-state index is 0.0854. The second-order valence-corrected chi connectivity index (χ2v) is 3.15. The molecule has 0 aliphatic rings. The van der Waals surface area contributed by atoms with E-state index in [4.69, 9.17) is 5.73 Å². The van der Waals surface area contributed by atoms with Crippen LogP contribution in [0.5, 0.6) is 0 Å². The van der Waals surface area contributed by atoms with Crippen LogP contribution in [0.1, 0.15) is 13.8 Å². The van der Waals surface area contributed by atoms with Gasteiger partial charge in [0.1, 0.15) is 0 Å². The molecule has 4 nitrogen and oxygen atoms in total. The van der Waals surface area contributed by atoms with Gasteiger partial charge in [0.15, 0.2) is 0 Å². The van der Waals surface area contributed by atoms with Crippen LogP contribution in [-0.4, -0.2) is 19.1 Å². The molecule has 0 bridgehead atoms. The molecule has 1 aromatic carbocycles. The van der Waals surface area contributed by atoms with E-state index in [-0.39, 0.29) is 19.1 Å². The van der Waals surface area contributed by atoms with E-state index in [1.807, 2.05) is 32.0 Å². The van der Waals surface area contributed by atoms with E-state index in [1.54, 1.807) is 12.1 Å². The van der Waals surface area contributed by atoms with Crippen LogP contribution in [0.15, 0.2) is 42.2 Å². The second kappa shape index (κ2) is 10.3. The molecule has 0 heterocycles. The number of para-hydroxylation sites is 1. The second-order valence-electron chi connectivity index (χ2n) is 3.15. The highest BCUT2D eigenvalue weighted by Gasteiger charge is 2.01. The van der Waals surface area contributed by atoms with E-state index in [2.05, 4.69) is 10.6 Å². The summed E-state index contributed by atoms with van der Waals surface area (Å²) in [5.41, 5.74) is 6.26. The van der Waals surface area contributed by atoms with E-state index in [0.29, 0.717) is 17.6 Å². The minimum atomic E-state index is -0.390. The van der Waals surface area contributed by atoms with Crippen molar-refractivity contribution in [1.29, 1.82) is 0 Å². The van der Waals surface area contributed by atoms with Gasteiger partial charge in [0.2, 0.25) is 0 Å². The number of anilines is 1. The number of hydrogen-bond acceptors (Lipinski definition) is 2. The largest absolute Gasteiger partial charge is 0.334 e. The van der Waals surface area contributed by atoms with Crippen molar-refractivity contribution in [2.24, 2.45) is 5.73 Å². The molecule has 5 heteroatoms. The molecule has 4 N–H and O–H groups in total. The van der Waals surface area contributed by atoms with E-state index >= 15 is 0 Å². The third kappa shape index (κ3) is 6.65. The summed E-state index contributed by atoms with van der Waals surface area (Å²) in [6, 6.07) is 8.59. The molecule has 0 spiro atoms. The van der Waals surface area contributed by atoms with Crippen molar-refractivity contribution >= 4 is 11.7 Å². The van der Waals surface area contributed by atoms with Crippen LogP contribution in [0.2, 0.25) is 0 Å². The maximum atomic E-state index is 12.1. The Kier molecular flexibility index (Phi) is 9.21. The van der Waals surface area contributed by atoms with Gasteiger partial charge in [-0.05, 0) is 17.7 Å². The van der Waals surface area contributed by atoms with Gasteiger partial charge in [-0.15, -0.1) is 0 Å². The number of hydrogen-bond donors (Lipinski definition) is 3. The normalized spacial score (nSPS) is 10.1. The highest BCUT2D eigenvalue weighted by atomic mass is 19.1. The number of benzene rings is 1. The summed E-state index contributed by atoms with van der Waals surface area (Å²) >= 11 is 0. The third-order valence-corrected chi connectivity index (χ3v) is 1.92. The van der Waals surface area contributed by atoms with Crippen LogP contribution in [0.4, 0.5) is 14.9 Å². The molecule has 0 aromatic heterocycles. The van der Waals surface area contributed by atoms with Gasteiger partial charge in [-0.2, -0.15) is 0 Å². The van der Waals surface area contributed by atoms with Crippen LogP contribution >= 0.6 is 0 Å². The van der Waals surface area contributed by atoms with Gasteiger partial charge < -0.3 is 16.4 Å². The molecule has 0 unspecified atom stereocenters. The lowest BCUT2D eigenvalue weighted by Gasteiger charge is -2.07. The predicted octanol–water partition coefficient (Wildman–Crippen LogP) is 2.65. The summed E-state index contributed by atoms with van der Waals surface area (Å²) in [6.07, 6.45) is 0.406. The summed E-state index contributed by atoms with van der Waals surface area (Å²) in [7, 11) is 0. The summed E-state index contributed by atoms with van der Waals surface area (Å²) in [4.78, 5) is 11.3. The highest BCUT2D eigenvalue weighted by Crippen LogP contribution is 2.04. The van der Waals surface area contributed by atoms with Crippen LogP contribution in [0.25, 0.3) is 0 Å². The number of halogens is 1. The van der Waals surface area contributed by atoms with Gasteiger partial charge in [0.05, 0.1) is 6.33 Å². The lowest BCUT2D eigenvalue weighted by Crippen LogP contribution is -2.31. The van der Waals surface area contributed by atoms with Gasteiger partial charge in [-0.1, -0.05) is 32.0 Å². The lowest BCUT2D eigenvalue weighted by molar-refractivity contribution is 0.253. The number of carbonyl (C=O) groups is 1. The maximum absolute atomic E-state index is 12.1. The van der Waals surface area contributed by atoms with E-state index in [9.17, 15) is 9.18 Å². The first-order chi connectivity index (χ1) is 8.76. The van der Waals surface area contributed by atoms with E-state index in [0.717, 1.165) is 0 Å². The van der Waals surface area contributed by atoms with E-state index in [1.165, 1.54) is 0 Å². The monoisotopic (exact) mass is 253 g/mol. The summed E-state index contributed by atoms with van der Waals surface area (Å²) < 4.78 is 12.1. The van der Waals surface area contributed by atoms with Gasteiger partial charge in [-0.3, -0.25) is 0 Å². The number of rotatable bonds is 4. The van der Waals surface area contributed by atoms with Crippen LogP contribution in [0, 0.1) is 0 Å². The van der Waals surface area contributed by atoms with Gasteiger partial charge in [-0.25, -0.2) is 9.18 Å². The first kappa shape index (κ1) is 16.1. The van der Waals surface area contributed by atoms with Crippen molar-refractivity contribution in [3.05, 3.63) is 42.2 Å². The van der Waals surface area contributed by atoms with Crippen LogP contribution in [0.3, 0.4) is 0 Å². The fourth-order valence-corrected chi connectivity index (χ4v) is 1.05. The van der Waals surface area contributed by atoms with Crippen molar-refractivity contribution < 1.29 is 9.18 Å². The Bertz CT molecular complexity index is 366. The van der Waals surface area contributed by atoms with Crippen LogP contribution in [-0.2, 0) is 0 Å². The molecular formula is C13H20FN3O. The Balaban J connectivity index is 0.00000137. The first-order valence-corrected chi connectivity index (χ1v) is 5.84. The molecule has 0 aliphatic carbocycles. The zero-order valence-electron chi connectivity index (χ0n) is 10.7. The SMILES string of the molecule is CC.NC/C(=C\F)CNC(=O)Nc1ccccc1. The number of urea groups is 1. The van der Waals surface area contributed by atoms with Crippen molar-refractivity contribution in [3.8, 4) is 0 Å². The number of nitrogens with one attached hydrogen (secondary N) is 2. The fraction of sp³-hybridized carbons (Fsp3) is 0.308. The molecule has 1 rings (SSSR count). The van der Waals surface area contributed by atoms with Gasteiger partial charge in [0.25, 0.3) is 0 Å².